The third-order valence-electron chi connectivity index (χ3n) is 7.16. The number of rotatable bonds is 6. The van der Waals surface area contributed by atoms with Gasteiger partial charge in [0.2, 0.25) is 17.7 Å². The highest BCUT2D eigenvalue weighted by Crippen LogP contribution is 2.60. The number of amides is 3. The minimum absolute atomic E-state index is 0.129. The van der Waals surface area contributed by atoms with E-state index in [1.807, 2.05) is 30.3 Å². The van der Waals surface area contributed by atoms with E-state index in [1.165, 1.54) is 4.90 Å². The van der Waals surface area contributed by atoms with E-state index in [2.05, 4.69) is 37.2 Å². The summed E-state index contributed by atoms with van der Waals surface area (Å²) in [6.45, 7) is 2.07. The summed E-state index contributed by atoms with van der Waals surface area (Å²) >= 11 is 7.37. The lowest BCUT2D eigenvalue weighted by atomic mass is 9.81. The molecule has 3 amide bonds. The number of nitrogens with one attached hydrogen (secondary N) is 1. The Hall–Kier alpha value is -2.19. The van der Waals surface area contributed by atoms with Gasteiger partial charge in [0.25, 0.3) is 0 Å². The first-order chi connectivity index (χ1) is 15.9. The van der Waals surface area contributed by atoms with E-state index in [0.29, 0.717) is 18.0 Å². The fourth-order valence-electron chi connectivity index (χ4n) is 5.49. The third-order valence-corrected chi connectivity index (χ3v) is 10.4. The predicted molar refractivity (Wildman–Crippen MR) is 131 cm³/mol. The van der Waals surface area contributed by atoms with Gasteiger partial charge in [-0.15, -0.1) is 0 Å². The molecule has 7 unspecified atom stereocenters. The molecule has 7 atom stereocenters. The van der Waals surface area contributed by atoms with Gasteiger partial charge in [0.15, 0.2) is 0 Å². The molecule has 33 heavy (non-hydrogen) atoms. The summed E-state index contributed by atoms with van der Waals surface area (Å²) in [7, 11) is 0. The lowest BCUT2D eigenvalue weighted by molar-refractivity contribution is -0.146. The van der Waals surface area contributed by atoms with Crippen LogP contribution in [-0.2, 0) is 21.0 Å². The van der Waals surface area contributed by atoms with E-state index >= 15 is 0 Å². The molecule has 6 nitrogen and oxygen atoms in total. The molecule has 2 saturated carbocycles. The molecule has 0 spiro atoms. The maximum Gasteiger partial charge on any atom is 0.247 e. The molecule has 2 bridgehead atoms. The molecule has 0 aromatic heterocycles. The van der Waals surface area contributed by atoms with Crippen molar-refractivity contribution in [2.45, 2.75) is 35.6 Å². The van der Waals surface area contributed by atoms with Gasteiger partial charge in [-0.3, -0.25) is 19.3 Å². The molecule has 172 valence electrons. The molecule has 1 aliphatic heterocycles. The Balaban J connectivity index is 1.21. The number of likely N-dealkylation sites (tertiary alicyclic amines) is 1. The van der Waals surface area contributed by atoms with Crippen LogP contribution in [0.25, 0.3) is 0 Å². The van der Waals surface area contributed by atoms with Crippen molar-refractivity contribution in [1.29, 1.82) is 0 Å². The summed E-state index contributed by atoms with van der Waals surface area (Å²) < 4.78 is 5.78. The average molecular weight is 576 g/mol. The van der Waals surface area contributed by atoms with Gasteiger partial charge in [0.05, 0.1) is 11.8 Å². The van der Waals surface area contributed by atoms with Crippen LogP contribution >= 0.6 is 31.9 Å². The van der Waals surface area contributed by atoms with Gasteiger partial charge >= 0.3 is 0 Å². The summed E-state index contributed by atoms with van der Waals surface area (Å²) in [5, 5.41) is 2.82. The third kappa shape index (κ3) is 3.91. The van der Waals surface area contributed by atoms with Gasteiger partial charge < -0.3 is 10.1 Å². The number of halogens is 2. The topological polar surface area (TPSA) is 75.7 Å². The number of hydrogen-bond donors (Lipinski definition) is 1. The van der Waals surface area contributed by atoms with Gasteiger partial charge in [-0.25, -0.2) is 0 Å². The van der Waals surface area contributed by atoms with Crippen molar-refractivity contribution in [3.63, 3.8) is 0 Å². The molecular weight excluding hydrogens is 552 g/mol. The zero-order valence-corrected chi connectivity index (χ0v) is 21.2. The van der Waals surface area contributed by atoms with Gasteiger partial charge in [-0.2, -0.15) is 0 Å². The number of carbonyl (C=O) groups excluding carboxylic acids is 3. The number of carbonyl (C=O) groups is 3. The number of fused-ring (bicyclic) bond motifs is 5. The molecule has 1 heterocycles. The maximum absolute atomic E-state index is 13.1. The molecule has 8 heteroatoms. The minimum atomic E-state index is -0.869. The molecule has 0 radical (unpaired) electrons. The summed E-state index contributed by atoms with van der Waals surface area (Å²) in [4.78, 5) is 40.7. The van der Waals surface area contributed by atoms with Crippen LogP contribution in [0.1, 0.15) is 18.9 Å². The first kappa shape index (κ1) is 22.6. The fraction of sp³-hybridized carbons (Fsp3) is 0.400. The van der Waals surface area contributed by atoms with Gasteiger partial charge in [0, 0.05) is 15.3 Å². The molecule has 2 aromatic carbocycles. The van der Waals surface area contributed by atoms with E-state index in [0.717, 1.165) is 12.0 Å². The highest BCUT2D eigenvalue weighted by atomic mass is 79.9. The van der Waals surface area contributed by atoms with Crippen LogP contribution in [0.2, 0.25) is 0 Å². The van der Waals surface area contributed by atoms with Crippen molar-refractivity contribution < 1.29 is 19.1 Å². The Morgan fingerprint density at radius 2 is 1.58 bits per heavy atom. The van der Waals surface area contributed by atoms with Crippen molar-refractivity contribution in [3.8, 4) is 5.75 Å². The first-order valence-corrected chi connectivity index (χ1v) is 12.9. The lowest BCUT2D eigenvalue weighted by Crippen LogP contribution is -2.46. The molecule has 3 fully saturated rings. The quantitative estimate of drug-likeness (QED) is 0.410. The second kappa shape index (κ2) is 8.87. The molecule has 5 rings (SSSR count). The Kier molecular flexibility index (Phi) is 6.07. The monoisotopic (exact) mass is 574 g/mol. The van der Waals surface area contributed by atoms with Gasteiger partial charge in [-0.05, 0) is 55.0 Å². The second-order valence-corrected chi connectivity index (χ2v) is 11.1. The van der Waals surface area contributed by atoms with Crippen LogP contribution < -0.4 is 10.1 Å². The first-order valence-electron chi connectivity index (χ1n) is 11.1. The summed E-state index contributed by atoms with van der Waals surface area (Å²) in [6, 6.07) is 16.1. The fourth-order valence-corrected chi connectivity index (χ4v) is 7.37. The zero-order valence-electron chi connectivity index (χ0n) is 18.0. The standard InChI is InChI=1S/C25H24Br2N2O4/c1-13(29-24(31)19-17-11-18(20(19)25(29)32)22(27)21(17)26)23(30)28-15-7-9-16(10-8-15)33-12-14-5-3-2-4-6-14/h2-10,13,17-22H,11-12H2,1H3,(H,28,30). The van der Waals surface area contributed by atoms with Crippen LogP contribution in [-0.4, -0.2) is 38.3 Å². The summed E-state index contributed by atoms with van der Waals surface area (Å²) in [5.74, 6) is -0.509. The highest BCUT2D eigenvalue weighted by molar-refractivity contribution is 9.12. The predicted octanol–water partition coefficient (Wildman–Crippen LogP) is 4.37. The van der Waals surface area contributed by atoms with Crippen molar-refractivity contribution in [2.24, 2.45) is 23.7 Å². The Morgan fingerprint density at radius 3 is 2.15 bits per heavy atom. The molecule has 1 N–H and O–H groups in total. The lowest BCUT2D eigenvalue weighted by Gasteiger charge is -2.28. The van der Waals surface area contributed by atoms with Crippen LogP contribution in [0.15, 0.2) is 54.6 Å². The number of hydrogen-bond acceptors (Lipinski definition) is 4. The van der Waals surface area contributed by atoms with E-state index in [1.54, 1.807) is 31.2 Å². The molecule has 1 saturated heterocycles. The van der Waals surface area contributed by atoms with E-state index in [-0.39, 0.29) is 51.0 Å². The maximum atomic E-state index is 13.1. The smallest absolute Gasteiger partial charge is 0.247 e. The van der Waals surface area contributed by atoms with Crippen LogP contribution in [0.5, 0.6) is 5.75 Å². The number of anilines is 1. The largest absolute Gasteiger partial charge is 0.489 e. The van der Waals surface area contributed by atoms with Crippen molar-refractivity contribution in [1.82, 2.24) is 4.90 Å². The molecular formula is C25H24Br2N2O4. The molecule has 2 aromatic rings. The van der Waals surface area contributed by atoms with E-state index < -0.39 is 6.04 Å². The SMILES string of the molecule is CC(C(=O)Nc1ccc(OCc2ccccc2)cc1)N1C(=O)C2C3CC(C(Br)C3Br)C2C1=O. The van der Waals surface area contributed by atoms with Crippen LogP contribution in [0.3, 0.4) is 0 Å². The Labute approximate surface area is 209 Å². The summed E-state index contributed by atoms with van der Waals surface area (Å²) in [5.41, 5.74) is 1.65. The summed E-state index contributed by atoms with van der Waals surface area (Å²) in [6.07, 6.45) is 0.867. The Bertz CT molecular complexity index is 1050. The highest BCUT2D eigenvalue weighted by Gasteiger charge is 2.67. The van der Waals surface area contributed by atoms with Crippen molar-refractivity contribution in [2.75, 3.05) is 5.32 Å². The number of nitrogens with zero attached hydrogens (tertiary/aromatic N) is 1. The van der Waals surface area contributed by atoms with Gasteiger partial charge in [0.1, 0.15) is 18.4 Å². The van der Waals surface area contributed by atoms with Gasteiger partial charge in [-0.1, -0.05) is 62.2 Å². The van der Waals surface area contributed by atoms with Crippen molar-refractivity contribution in [3.05, 3.63) is 60.2 Å². The number of benzene rings is 2. The number of alkyl halides is 2. The minimum Gasteiger partial charge on any atom is -0.489 e. The molecule has 2 aliphatic carbocycles. The van der Waals surface area contributed by atoms with E-state index in [4.69, 9.17) is 4.74 Å². The normalized spacial score (nSPS) is 30.9. The Morgan fingerprint density at radius 1 is 1.00 bits per heavy atom. The number of imide groups is 1. The molecule has 3 aliphatic rings. The van der Waals surface area contributed by atoms with E-state index in [9.17, 15) is 14.4 Å². The van der Waals surface area contributed by atoms with Crippen molar-refractivity contribution >= 4 is 55.3 Å². The zero-order chi connectivity index (χ0) is 23.3. The average Bonchev–Trinajstić information content (AvgIpc) is 3.43. The number of ether oxygens (including phenoxy) is 1. The van der Waals surface area contributed by atoms with Crippen LogP contribution in [0, 0.1) is 23.7 Å². The van der Waals surface area contributed by atoms with Crippen LogP contribution in [0.4, 0.5) is 5.69 Å². The second-order valence-electron chi connectivity index (χ2n) is 9.01.